The van der Waals surface area contributed by atoms with Gasteiger partial charge in [-0.1, -0.05) is 12.5 Å². The zero-order valence-corrected chi connectivity index (χ0v) is 12.8. The molecule has 1 aliphatic carbocycles. The van der Waals surface area contributed by atoms with Crippen molar-refractivity contribution in [2.45, 2.75) is 25.7 Å². The van der Waals surface area contributed by atoms with Crippen molar-refractivity contribution in [1.82, 2.24) is 4.90 Å². The van der Waals surface area contributed by atoms with E-state index in [1.807, 2.05) is 4.90 Å². The number of aliphatic hydroxyl groups excluding tert-OH is 1. The van der Waals surface area contributed by atoms with E-state index in [-0.39, 0.29) is 30.1 Å². The summed E-state index contributed by atoms with van der Waals surface area (Å²) in [7, 11) is 1.42. The Kier molecular flexibility index (Phi) is 4.08. The van der Waals surface area contributed by atoms with E-state index in [0.29, 0.717) is 18.0 Å². The van der Waals surface area contributed by atoms with Gasteiger partial charge in [-0.25, -0.2) is 4.39 Å². The van der Waals surface area contributed by atoms with Gasteiger partial charge in [-0.3, -0.25) is 4.79 Å². The number of aliphatic hydroxyl groups is 1. The van der Waals surface area contributed by atoms with Crippen molar-refractivity contribution in [3.05, 3.63) is 29.6 Å². The second-order valence-corrected chi connectivity index (χ2v) is 6.53. The number of halogens is 1. The average Bonchev–Trinajstić information content (AvgIpc) is 3.04. The van der Waals surface area contributed by atoms with Crippen molar-refractivity contribution in [2.75, 3.05) is 26.8 Å². The van der Waals surface area contributed by atoms with E-state index in [4.69, 9.17) is 4.74 Å². The minimum atomic E-state index is -0.446. The van der Waals surface area contributed by atoms with E-state index >= 15 is 0 Å². The molecular formula is C17H22FNO3. The number of carbonyl (C=O) groups is 1. The quantitative estimate of drug-likeness (QED) is 0.925. The van der Waals surface area contributed by atoms with Gasteiger partial charge in [-0.15, -0.1) is 0 Å². The van der Waals surface area contributed by atoms with Crippen LogP contribution in [0.5, 0.6) is 5.75 Å². The van der Waals surface area contributed by atoms with Gasteiger partial charge in [-0.2, -0.15) is 0 Å². The molecule has 0 bridgehead atoms. The molecule has 1 aliphatic heterocycles. The van der Waals surface area contributed by atoms with Crippen molar-refractivity contribution >= 4 is 5.91 Å². The molecule has 1 aromatic carbocycles. The van der Waals surface area contributed by atoms with Crippen LogP contribution in [-0.2, 0) is 11.2 Å². The molecule has 0 aromatic heterocycles. The Balaban J connectivity index is 1.67. The second-order valence-electron chi connectivity index (χ2n) is 6.53. The van der Waals surface area contributed by atoms with E-state index < -0.39 is 5.82 Å². The first-order valence-electron chi connectivity index (χ1n) is 7.79. The third-order valence-electron chi connectivity index (χ3n) is 5.28. The molecule has 1 amide bonds. The van der Waals surface area contributed by atoms with Crippen molar-refractivity contribution in [3.63, 3.8) is 0 Å². The maximum absolute atomic E-state index is 13.7. The molecule has 1 N–H and O–H groups in total. The zero-order chi connectivity index (χ0) is 15.7. The van der Waals surface area contributed by atoms with E-state index in [0.717, 1.165) is 25.8 Å². The monoisotopic (exact) mass is 307 g/mol. The SMILES string of the molecule is COc1ccc(CC(=O)N2C[C@@H]3CCC[C@]3(CO)C2)cc1F. The van der Waals surface area contributed by atoms with Crippen LogP contribution >= 0.6 is 0 Å². The number of carbonyl (C=O) groups excluding carboxylic acids is 1. The molecule has 2 atom stereocenters. The number of nitrogens with zero attached hydrogens (tertiary/aromatic N) is 1. The van der Waals surface area contributed by atoms with E-state index in [1.165, 1.54) is 13.2 Å². The number of ether oxygens (including phenoxy) is 1. The number of rotatable bonds is 4. The van der Waals surface area contributed by atoms with Crippen LogP contribution in [0.2, 0.25) is 0 Å². The lowest BCUT2D eigenvalue weighted by molar-refractivity contribution is -0.130. The first-order valence-corrected chi connectivity index (χ1v) is 7.79. The summed E-state index contributed by atoms with van der Waals surface area (Å²) in [6.45, 7) is 1.50. The van der Waals surface area contributed by atoms with Gasteiger partial charge < -0.3 is 14.7 Å². The molecule has 1 saturated heterocycles. The topological polar surface area (TPSA) is 49.8 Å². The number of benzene rings is 1. The van der Waals surface area contributed by atoms with E-state index in [2.05, 4.69) is 0 Å². The fourth-order valence-electron chi connectivity index (χ4n) is 3.97. The summed E-state index contributed by atoms with van der Waals surface area (Å²) in [5, 5.41) is 9.71. The summed E-state index contributed by atoms with van der Waals surface area (Å²) in [6, 6.07) is 4.62. The number of fused-ring (bicyclic) bond motifs is 1. The van der Waals surface area contributed by atoms with Crippen molar-refractivity contribution in [1.29, 1.82) is 0 Å². The Labute approximate surface area is 129 Å². The highest BCUT2D eigenvalue weighted by Crippen LogP contribution is 2.48. The molecule has 2 fully saturated rings. The molecule has 4 nitrogen and oxygen atoms in total. The highest BCUT2D eigenvalue weighted by atomic mass is 19.1. The summed E-state index contributed by atoms with van der Waals surface area (Å²) in [6.07, 6.45) is 3.41. The fraction of sp³-hybridized carbons (Fsp3) is 0.588. The van der Waals surface area contributed by atoms with E-state index in [1.54, 1.807) is 12.1 Å². The first-order chi connectivity index (χ1) is 10.6. The highest BCUT2D eigenvalue weighted by Gasteiger charge is 2.49. The Morgan fingerprint density at radius 1 is 1.55 bits per heavy atom. The molecule has 2 aliphatic rings. The molecular weight excluding hydrogens is 285 g/mol. The number of methoxy groups -OCH3 is 1. The molecule has 22 heavy (non-hydrogen) atoms. The van der Waals surface area contributed by atoms with Crippen molar-refractivity contribution in [3.8, 4) is 5.75 Å². The Hall–Kier alpha value is -1.62. The molecule has 120 valence electrons. The smallest absolute Gasteiger partial charge is 0.227 e. The van der Waals surface area contributed by atoms with Gasteiger partial charge in [0.25, 0.3) is 0 Å². The Morgan fingerprint density at radius 3 is 3.00 bits per heavy atom. The minimum absolute atomic E-state index is 0.00629. The summed E-state index contributed by atoms with van der Waals surface area (Å²) < 4.78 is 18.6. The van der Waals surface area contributed by atoms with Crippen molar-refractivity contribution in [2.24, 2.45) is 11.3 Å². The maximum Gasteiger partial charge on any atom is 0.227 e. The van der Waals surface area contributed by atoms with Gasteiger partial charge in [0.15, 0.2) is 11.6 Å². The number of amides is 1. The lowest BCUT2D eigenvalue weighted by atomic mass is 9.82. The molecule has 0 unspecified atom stereocenters. The Morgan fingerprint density at radius 2 is 2.36 bits per heavy atom. The van der Waals surface area contributed by atoms with Crippen LogP contribution in [0.1, 0.15) is 24.8 Å². The summed E-state index contributed by atoms with van der Waals surface area (Å²) in [5.41, 5.74) is 0.555. The van der Waals surface area contributed by atoms with Gasteiger partial charge in [-0.05, 0) is 36.5 Å². The van der Waals surface area contributed by atoms with Gasteiger partial charge in [0.2, 0.25) is 5.91 Å². The Bertz CT molecular complexity index is 577. The van der Waals surface area contributed by atoms with Crippen LogP contribution < -0.4 is 4.74 Å². The highest BCUT2D eigenvalue weighted by molar-refractivity contribution is 5.79. The first kappa shape index (κ1) is 15.3. The third kappa shape index (κ3) is 2.58. The standard InChI is InChI=1S/C17H22FNO3/c1-22-15-5-4-12(7-14(15)18)8-16(21)19-9-13-3-2-6-17(13,10-19)11-20/h4-5,7,13,20H,2-3,6,8-11H2,1H3/t13-,17+/m0/s1. The van der Waals surface area contributed by atoms with Crippen LogP contribution in [0.4, 0.5) is 4.39 Å². The lowest BCUT2D eigenvalue weighted by Gasteiger charge is -2.25. The largest absolute Gasteiger partial charge is 0.494 e. The molecule has 0 spiro atoms. The number of hydrogen-bond acceptors (Lipinski definition) is 3. The molecule has 3 rings (SSSR count). The number of likely N-dealkylation sites (tertiary alicyclic amines) is 1. The zero-order valence-electron chi connectivity index (χ0n) is 12.8. The van der Waals surface area contributed by atoms with Gasteiger partial charge in [0, 0.05) is 18.5 Å². The normalized spacial score (nSPS) is 27.0. The molecule has 1 aromatic rings. The van der Waals surface area contributed by atoms with E-state index in [9.17, 15) is 14.3 Å². The van der Waals surface area contributed by atoms with Crippen LogP contribution in [0, 0.1) is 17.2 Å². The van der Waals surface area contributed by atoms with Crippen molar-refractivity contribution < 1.29 is 19.0 Å². The second kappa shape index (κ2) is 5.88. The van der Waals surface area contributed by atoms with Crippen LogP contribution in [0.3, 0.4) is 0 Å². The predicted molar refractivity (Wildman–Crippen MR) is 80.1 cm³/mol. The average molecular weight is 307 g/mol. The summed E-state index contributed by atoms with van der Waals surface area (Å²) in [4.78, 5) is 14.3. The summed E-state index contributed by atoms with van der Waals surface area (Å²) >= 11 is 0. The van der Waals surface area contributed by atoms with Crippen LogP contribution in [0.15, 0.2) is 18.2 Å². The fourth-order valence-corrected chi connectivity index (χ4v) is 3.97. The van der Waals surface area contributed by atoms with Crippen LogP contribution in [-0.4, -0.2) is 42.7 Å². The molecule has 0 radical (unpaired) electrons. The summed E-state index contributed by atoms with van der Waals surface area (Å²) in [5.74, 6) is 0.157. The number of hydrogen-bond donors (Lipinski definition) is 1. The van der Waals surface area contributed by atoms with Gasteiger partial charge in [0.05, 0.1) is 20.1 Å². The molecule has 1 heterocycles. The van der Waals surface area contributed by atoms with Crippen LogP contribution in [0.25, 0.3) is 0 Å². The lowest BCUT2D eigenvalue weighted by Crippen LogP contribution is -2.34. The van der Waals surface area contributed by atoms with Gasteiger partial charge in [0.1, 0.15) is 0 Å². The maximum atomic E-state index is 13.7. The molecule has 1 saturated carbocycles. The third-order valence-corrected chi connectivity index (χ3v) is 5.28. The minimum Gasteiger partial charge on any atom is -0.494 e. The van der Waals surface area contributed by atoms with Gasteiger partial charge >= 0.3 is 0 Å². The molecule has 5 heteroatoms. The predicted octanol–water partition coefficient (Wildman–Crippen LogP) is 2.00.